The van der Waals surface area contributed by atoms with E-state index < -0.39 is 0 Å². The van der Waals surface area contributed by atoms with E-state index in [4.69, 9.17) is 0 Å². The van der Waals surface area contributed by atoms with Crippen molar-refractivity contribution in [1.82, 2.24) is 20.2 Å². The smallest absolute Gasteiger partial charge is 0.237 e. The molecule has 1 aliphatic rings. The van der Waals surface area contributed by atoms with Crippen molar-refractivity contribution >= 4 is 5.91 Å². The average molecular weight is 236 g/mol. The summed E-state index contributed by atoms with van der Waals surface area (Å²) in [5, 5.41) is 6.20. The number of aromatic nitrogens is 2. The number of nitrogens with zero attached hydrogens (tertiary/aromatic N) is 2. The molecule has 0 aromatic carbocycles. The molecule has 1 heterocycles. The lowest BCUT2D eigenvalue weighted by molar-refractivity contribution is -0.122. The summed E-state index contributed by atoms with van der Waals surface area (Å²) in [7, 11) is 1.98. The summed E-state index contributed by atoms with van der Waals surface area (Å²) in [6.45, 7) is 2.67. The summed E-state index contributed by atoms with van der Waals surface area (Å²) >= 11 is 0. The van der Waals surface area contributed by atoms with Gasteiger partial charge in [0.25, 0.3) is 0 Å². The fraction of sp³-hybridized carbons (Fsp3) is 0.667. The Labute approximate surface area is 102 Å². The number of hydrogen-bond donors (Lipinski definition) is 2. The molecule has 1 aromatic rings. The molecule has 0 saturated heterocycles. The molecule has 1 atom stereocenters. The SMILES string of the molecule is CC(NCCc1nccn1C)C(=O)NC1CC1. The molecule has 0 aliphatic heterocycles. The Balaban J connectivity index is 1.67. The van der Waals surface area contributed by atoms with Crippen LogP contribution in [0.15, 0.2) is 12.4 Å². The first-order valence-electron chi connectivity index (χ1n) is 6.17. The van der Waals surface area contributed by atoms with Crippen molar-refractivity contribution in [3.63, 3.8) is 0 Å². The van der Waals surface area contributed by atoms with Crippen molar-refractivity contribution in [2.45, 2.75) is 38.3 Å². The quantitative estimate of drug-likeness (QED) is 0.743. The Morgan fingerprint density at radius 2 is 2.41 bits per heavy atom. The molecular formula is C12H20N4O. The zero-order valence-corrected chi connectivity index (χ0v) is 10.4. The molecule has 1 fully saturated rings. The predicted octanol–water partition coefficient (Wildman–Crippen LogP) is 0.219. The van der Waals surface area contributed by atoms with Crippen molar-refractivity contribution < 1.29 is 4.79 Å². The van der Waals surface area contributed by atoms with Crippen molar-refractivity contribution in [1.29, 1.82) is 0 Å². The summed E-state index contributed by atoms with van der Waals surface area (Å²) < 4.78 is 2.00. The summed E-state index contributed by atoms with van der Waals surface area (Å²) in [4.78, 5) is 15.9. The molecule has 2 rings (SSSR count). The monoisotopic (exact) mass is 236 g/mol. The molecule has 1 saturated carbocycles. The van der Waals surface area contributed by atoms with E-state index in [2.05, 4.69) is 15.6 Å². The second kappa shape index (κ2) is 5.31. The molecule has 0 bridgehead atoms. The molecule has 17 heavy (non-hydrogen) atoms. The van der Waals surface area contributed by atoms with E-state index in [0.717, 1.165) is 31.6 Å². The molecule has 1 amide bonds. The largest absolute Gasteiger partial charge is 0.352 e. The molecule has 1 unspecified atom stereocenters. The molecule has 5 nitrogen and oxygen atoms in total. The van der Waals surface area contributed by atoms with Gasteiger partial charge in [-0.3, -0.25) is 4.79 Å². The summed E-state index contributed by atoms with van der Waals surface area (Å²) in [5.74, 6) is 1.14. The van der Waals surface area contributed by atoms with Crippen LogP contribution in [0.2, 0.25) is 0 Å². The number of carbonyl (C=O) groups is 1. The maximum atomic E-state index is 11.7. The van der Waals surface area contributed by atoms with Gasteiger partial charge in [-0.25, -0.2) is 4.98 Å². The lowest BCUT2D eigenvalue weighted by atomic mass is 10.3. The van der Waals surface area contributed by atoms with E-state index in [1.54, 1.807) is 6.20 Å². The molecule has 1 aliphatic carbocycles. The maximum absolute atomic E-state index is 11.7. The van der Waals surface area contributed by atoms with Gasteiger partial charge in [0, 0.05) is 38.4 Å². The summed E-state index contributed by atoms with van der Waals surface area (Å²) in [6.07, 6.45) is 6.82. The first-order valence-corrected chi connectivity index (χ1v) is 6.17. The van der Waals surface area contributed by atoms with Crippen molar-refractivity contribution in [3.8, 4) is 0 Å². The highest BCUT2D eigenvalue weighted by atomic mass is 16.2. The van der Waals surface area contributed by atoms with Gasteiger partial charge in [-0.05, 0) is 19.8 Å². The number of rotatable bonds is 6. The predicted molar refractivity (Wildman–Crippen MR) is 65.5 cm³/mol. The molecule has 94 valence electrons. The van der Waals surface area contributed by atoms with E-state index in [0.29, 0.717) is 6.04 Å². The van der Waals surface area contributed by atoms with Crippen molar-refractivity contribution in [2.24, 2.45) is 7.05 Å². The molecular weight excluding hydrogens is 216 g/mol. The summed E-state index contributed by atoms with van der Waals surface area (Å²) in [5.41, 5.74) is 0. The van der Waals surface area contributed by atoms with Crippen LogP contribution in [-0.2, 0) is 18.3 Å². The van der Waals surface area contributed by atoms with Gasteiger partial charge in [0.1, 0.15) is 5.82 Å². The van der Waals surface area contributed by atoms with Crippen LogP contribution in [0, 0.1) is 0 Å². The van der Waals surface area contributed by atoms with E-state index in [-0.39, 0.29) is 11.9 Å². The lowest BCUT2D eigenvalue weighted by Crippen LogP contribution is -2.43. The van der Waals surface area contributed by atoms with Gasteiger partial charge < -0.3 is 15.2 Å². The number of nitrogens with one attached hydrogen (secondary N) is 2. The minimum absolute atomic E-state index is 0.104. The zero-order chi connectivity index (χ0) is 12.3. The van der Waals surface area contributed by atoms with E-state index in [9.17, 15) is 4.79 Å². The fourth-order valence-electron chi connectivity index (χ4n) is 1.68. The van der Waals surface area contributed by atoms with Crippen molar-refractivity contribution in [3.05, 3.63) is 18.2 Å². The van der Waals surface area contributed by atoms with Gasteiger partial charge >= 0.3 is 0 Å². The number of carbonyl (C=O) groups excluding carboxylic acids is 1. The maximum Gasteiger partial charge on any atom is 0.237 e. The number of amides is 1. The Morgan fingerprint density at radius 3 is 3.00 bits per heavy atom. The molecule has 1 aromatic heterocycles. The second-order valence-corrected chi connectivity index (χ2v) is 4.66. The second-order valence-electron chi connectivity index (χ2n) is 4.66. The lowest BCUT2D eigenvalue weighted by Gasteiger charge is -2.13. The molecule has 5 heteroatoms. The number of hydrogen-bond acceptors (Lipinski definition) is 3. The molecule has 2 N–H and O–H groups in total. The first kappa shape index (κ1) is 12.1. The van der Waals surface area contributed by atoms with E-state index in [1.165, 1.54) is 0 Å². The summed E-state index contributed by atoms with van der Waals surface area (Å²) in [6, 6.07) is 0.303. The van der Waals surface area contributed by atoms with Crippen LogP contribution in [0.3, 0.4) is 0 Å². The van der Waals surface area contributed by atoms with Gasteiger partial charge in [-0.1, -0.05) is 0 Å². The Morgan fingerprint density at radius 1 is 1.65 bits per heavy atom. The van der Waals surface area contributed by atoms with Gasteiger partial charge in [0.15, 0.2) is 0 Å². The topological polar surface area (TPSA) is 59.0 Å². The van der Waals surface area contributed by atoms with Crippen molar-refractivity contribution in [2.75, 3.05) is 6.54 Å². The third-order valence-corrected chi connectivity index (χ3v) is 3.04. The minimum atomic E-state index is -0.129. The highest BCUT2D eigenvalue weighted by Crippen LogP contribution is 2.18. The molecule has 0 spiro atoms. The van der Waals surface area contributed by atoms with Crippen LogP contribution in [-0.4, -0.2) is 34.1 Å². The Bertz CT molecular complexity index is 384. The zero-order valence-electron chi connectivity index (χ0n) is 10.4. The Kier molecular flexibility index (Phi) is 3.78. The minimum Gasteiger partial charge on any atom is -0.352 e. The normalized spacial score (nSPS) is 16.8. The third-order valence-electron chi connectivity index (χ3n) is 3.04. The first-order chi connectivity index (χ1) is 8.16. The number of imidazole rings is 1. The highest BCUT2D eigenvalue weighted by Gasteiger charge is 2.25. The van der Waals surface area contributed by atoms with E-state index in [1.807, 2.05) is 24.7 Å². The van der Waals surface area contributed by atoms with Gasteiger partial charge in [-0.2, -0.15) is 0 Å². The van der Waals surface area contributed by atoms with Crippen LogP contribution in [0.25, 0.3) is 0 Å². The van der Waals surface area contributed by atoms with Crippen LogP contribution in [0.1, 0.15) is 25.6 Å². The Hall–Kier alpha value is -1.36. The van der Waals surface area contributed by atoms with Crippen LogP contribution < -0.4 is 10.6 Å². The van der Waals surface area contributed by atoms with Crippen LogP contribution in [0.5, 0.6) is 0 Å². The third kappa shape index (κ3) is 3.56. The van der Waals surface area contributed by atoms with Gasteiger partial charge in [0.05, 0.1) is 6.04 Å². The standard InChI is InChI=1S/C12H20N4O/c1-9(12(17)15-10-3-4-10)13-6-5-11-14-7-8-16(11)2/h7-10,13H,3-6H2,1-2H3,(H,15,17). The number of aryl methyl sites for hydroxylation is 1. The van der Waals surface area contributed by atoms with Gasteiger partial charge in [-0.15, -0.1) is 0 Å². The van der Waals surface area contributed by atoms with Crippen LogP contribution >= 0.6 is 0 Å². The van der Waals surface area contributed by atoms with E-state index >= 15 is 0 Å². The molecule has 0 radical (unpaired) electrons. The van der Waals surface area contributed by atoms with Gasteiger partial charge in [0.2, 0.25) is 5.91 Å². The highest BCUT2D eigenvalue weighted by molar-refractivity contribution is 5.81. The average Bonchev–Trinajstić information content (AvgIpc) is 3.02. The fourth-order valence-corrected chi connectivity index (χ4v) is 1.68. The van der Waals surface area contributed by atoms with Crippen LogP contribution in [0.4, 0.5) is 0 Å².